The highest BCUT2D eigenvalue weighted by atomic mass is 16.5. The van der Waals surface area contributed by atoms with E-state index in [1.165, 1.54) is 5.69 Å². The van der Waals surface area contributed by atoms with Crippen LogP contribution >= 0.6 is 0 Å². The molecule has 1 aliphatic rings. The van der Waals surface area contributed by atoms with Gasteiger partial charge in [-0.05, 0) is 44.8 Å². The second kappa shape index (κ2) is 7.36. The van der Waals surface area contributed by atoms with Crippen LogP contribution in [0.1, 0.15) is 6.42 Å². The van der Waals surface area contributed by atoms with E-state index in [2.05, 4.69) is 53.5 Å². The first-order valence-electron chi connectivity index (χ1n) is 7.09. The maximum Gasteiger partial charge on any atom is 0.119 e. The van der Waals surface area contributed by atoms with Crippen LogP contribution in [0.25, 0.3) is 0 Å². The van der Waals surface area contributed by atoms with Crippen molar-refractivity contribution in [3.63, 3.8) is 0 Å². The number of piperazine rings is 1. The summed E-state index contributed by atoms with van der Waals surface area (Å²) in [6.07, 6.45) is 1.06. The van der Waals surface area contributed by atoms with E-state index in [0.29, 0.717) is 0 Å². The number of hydrogen-bond donors (Lipinski definition) is 1. The Labute approximate surface area is 116 Å². The second-order valence-electron chi connectivity index (χ2n) is 5.24. The molecule has 1 heterocycles. The topological polar surface area (TPSA) is 27.7 Å². The van der Waals surface area contributed by atoms with E-state index < -0.39 is 0 Å². The van der Waals surface area contributed by atoms with Crippen molar-refractivity contribution >= 4 is 5.69 Å². The van der Waals surface area contributed by atoms with Crippen molar-refractivity contribution in [1.29, 1.82) is 0 Å². The van der Waals surface area contributed by atoms with Crippen LogP contribution in [0.2, 0.25) is 0 Å². The lowest BCUT2D eigenvalue weighted by atomic mass is 10.2. The van der Waals surface area contributed by atoms with Crippen molar-refractivity contribution in [1.82, 2.24) is 10.2 Å². The minimum Gasteiger partial charge on any atom is -0.494 e. The van der Waals surface area contributed by atoms with Gasteiger partial charge in [0.2, 0.25) is 0 Å². The highest BCUT2D eigenvalue weighted by Crippen LogP contribution is 2.19. The molecule has 0 spiro atoms. The summed E-state index contributed by atoms with van der Waals surface area (Å²) in [5, 5.41) is 3.37. The first kappa shape index (κ1) is 14.2. The Bertz CT molecular complexity index is 358. The fraction of sp³-hybridized carbons (Fsp3) is 0.600. The lowest BCUT2D eigenvalue weighted by Crippen LogP contribution is -2.43. The van der Waals surface area contributed by atoms with E-state index in [0.717, 1.165) is 51.5 Å². The van der Waals surface area contributed by atoms with Gasteiger partial charge in [-0.2, -0.15) is 0 Å². The minimum atomic E-state index is 0.783. The molecule has 19 heavy (non-hydrogen) atoms. The predicted molar refractivity (Wildman–Crippen MR) is 80.2 cm³/mol. The number of benzene rings is 1. The van der Waals surface area contributed by atoms with Gasteiger partial charge < -0.3 is 19.9 Å². The normalized spacial score (nSPS) is 15.8. The van der Waals surface area contributed by atoms with Gasteiger partial charge in [-0.3, -0.25) is 0 Å². The van der Waals surface area contributed by atoms with Crippen LogP contribution < -0.4 is 15.0 Å². The molecule has 0 atom stereocenters. The van der Waals surface area contributed by atoms with Crippen LogP contribution in [0.5, 0.6) is 5.75 Å². The summed E-state index contributed by atoms with van der Waals surface area (Å²) in [6, 6.07) is 8.47. The summed E-state index contributed by atoms with van der Waals surface area (Å²) in [7, 11) is 4.17. The van der Waals surface area contributed by atoms with E-state index >= 15 is 0 Å². The van der Waals surface area contributed by atoms with E-state index in [-0.39, 0.29) is 0 Å². The molecule has 0 radical (unpaired) electrons. The standard InChI is InChI=1S/C15H25N3O/c1-17(2)10-3-13-19-15-6-4-14(5-7-15)18-11-8-16-9-12-18/h4-7,16H,3,8-13H2,1-2H3. The number of rotatable bonds is 6. The average Bonchev–Trinajstić information content (AvgIpc) is 2.45. The zero-order chi connectivity index (χ0) is 13.5. The van der Waals surface area contributed by atoms with Crippen molar-refractivity contribution in [3.8, 4) is 5.75 Å². The van der Waals surface area contributed by atoms with Crippen LogP contribution in [-0.4, -0.2) is 58.3 Å². The summed E-state index contributed by atoms with van der Waals surface area (Å²) in [4.78, 5) is 4.59. The van der Waals surface area contributed by atoms with Crippen molar-refractivity contribution in [3.05, 3.63) is 24.3 Å². The van der Waals surface area contributed by atoms with Gasteiger partial charge in [0.25, 0.3) is 0 Å². The maximum absolute atomic E-state index is 5.74. The maximum atomic E-state index is 5.74. The molecule has 0 saturated carbocycles. The van der Waals surface area contributed by atoms with Crippen LogP contribution in [-0.2, 0) is 0 Å². The van der Waals surface area contributed by atoms with Gasteiger partial charge in [-0.15, -0.1) is 0 Å². The molecular weight excluding hydrogens is 238 g/mol. The molecule has 0 unspecified atom stereocenters. The van der Waals surface area contributed by atoms with Crippen LogP contribution in [0.15, 0.2) is 24.3 Å². The molecule has 1 saturated heterocycles. The van der Waals surface area contributed by atoms with Crippen LogP contribution in [0, 0.1) is 0 Å². The summed E-state index contributed by atoms with van der Waals surface area (Å²) in [5.74, 6) is 0.970. The molecule has 0 bridgehead atoms. The van der Waals surface area contributed by atoms with Gasteiger partial charge in [0.05, 0.1) is 6.61 Å². The molecule has 4 heteroatoms. The quantitative estimate of drug-likeness (QED) is 0.786. The Morgan fingerprint density at radius 1 is 1.16 bits per heavy atom. The molecule has 2 rings (SSSR count). The summed E-state index contributed by atoms with van der Waals surface area (Å²) in [6.45, 7) is 6.17. The molecule has 1 N–H and O–H groups in total. The Kier molecular flexibility index (Phi) is 5.48. The number of hydrogen-bond acceptors (Lipinski definition) is 4. The Balaban J connectivity index is 1.77. The lowest BCUT2D eigenvalue weighted by molar-refractivity contribution is 0.281. The van der Waals surface area contributed by atoms with Gasteiger partial charge in [-0.25, -0.2) is 0 Å². The Morgan fingerprint density at radius 3 is 2.47 bits per heavy atom. The fourth-order valence-electron chi connectivity index (χ4n) is 2.25. The van der Waals surface area contributed by atoms with Gasteiger partial charge in [-0.1, -0.05) is 0 Å². The first-order chi connectivity index (χ1) is 9.25. The average molecular weight is 263 g/mol. The molecule has 0 aliphatic carbocycles. The van der Waals surface area contributed by atoms with Crippen molar-refractivity contribution < 1.29 is 4.74 Å². The zero-order valence-electron chi connectivity index (χ0n) is 12.1. The molecule has 1 aliphatic heterocycles. The monoisotopic (exact) mass is 263 g/mol. The van der Waals surface area contributed by atoms with Gasteiger partial charge >= 0.3 is 0 Å². The molecule has 1 fully saturated rings. The third-order valence-electron chi connectivity index (χ3n) is 3.34. The van der Waals surface area contributed by atoms with Gasteiger partial charge in [0, 0.05) is 38.4 Å². The molecule has 1 aromatic carbocycles. The lowest BCUT2D eigenvalue weighted by Gasteiger charge is -2.29. The summed E-state index contributed by atoms with van der Waals surface area (Å²) < 4.78 is 5.74. The summed E-state index contributed by atoms with van der Waals surface area (Å²) >= 11 is 0. The van der Waals surface area contributed by atoms with Crippen molar-refractivity contribution in [2.24, 2.45) is 0 Å². The third-order valence-corrected chi connectivity index (χ3v) is 3.34. The van der Waals surface area contributed by atoms with Crippen LogP contribution in [0.4, 0.5) is 5.69 Å². The van der Waals surface area contributed by atoms with Gasteiger partial charge in [0.15, 0.2) is 0 Å². The molecule has 4 nitrogen and oxygen atoms in total. The third kappa shape index (κ3) is 4.73. The SMILES string of the molecule is CN(C)CCCOc1ccc(N2CCNCC2)cc1. The number of anilines is 1. The fourth-order valence-corrected chi connectivity index (χ4v) is 2.25. The predicted octanol–water partition coefficient (Wildman–Crippen LogP) is 1.43. The van der Waals surface area contributed by atoms with Crippen molar-refractivity contribution in [2.45, 2.75) is 6.42 Å². The molecule has 1 aromatic rings. The van der Waals surface area contributed by atoms with Gasteiger partial charge in [0.1, 0.15) is 5.75 Å². The molecule has 0 amide bonds. The zero-order valence-corrected chi connectivity index (χ0v) is 12.1. The highest BCUT2D eigenvalue weighted by molar-refractivity contribution is 5.49. The van der Waals surface area contributed by atoms with E-state index in [1.54, 1.807) is 0 Å². The Morgan fingerprint density at radius 2 is 1.84 bits per heavy atom. The van der Waals surface area contributed by atoms with E-state index in [9.17, 15) is 0 Å². The molecule has 0 aromatic heterocycles. The van der Waals surface area contributed by atoms with E-state index in [1.807, 2.05) is 0 Å². The molecule has 106 valence electrons. The van der Waals surface area contributed by atoms with E-state index in [4.69, 9.17) is 4.74 Å². The number of nitrogens with zero attached hydrogens (tertiary/aromatic N) is 2. The smallest absolute Gasteiger partial charge is 0.119 e. The summed E-state index contributed by atoms with van der Waals surface area (Å²) in [5.41, 5.74) is 1.29. The number of nitrogens with one attached hydrogen (secondary N) is 1. The van der Waals surface area contributed by atoms with Crippen molar-refractivity contribution in [2.75, 3.05) is 58.3 Å². The minimum absolute atomic E-state index is 0.783. The highest BCUT2D eigenvalue weighted by Gasteiger charge is 2.09. The first-order valence-corrected chi connectivity index (χ1v) is 7.09. The second-order valence-corrected chi connectivity index (χ2v) is 5.24. The molecular formula is C15H25N3O. The van der Waals surface area contributed by atoms with Crippen LogP contribution in [0.3, 0.4) is 0 Å². The largest absolute Gasteiger partial charge is 0.494 e. The Hall–Kier alpha value is -1.26. The number of ether oxygens (including phenoxy) is 1.